The Morgan fingerprint density at radius 2 is 1.93 bits per heavy atom. The van der Waals surface area contributed by atoms with Gasteiger partial charge in [-0.2, -0.15) is 5.10 Å². The molecule has 3 aromatic rings. The fraction of sp³-hybridized carbons (Fsp3) is 0.300. The third-order valence-electron chi connectivity index (χ3n) is 5.29. The minimum atomic E-state index is -0.894. The second-order valence-electron chi connectivity index (χ2n) is 7.01. The molecule has 1 atom stereocenters. The highest BCUT2D eigenvalue weighted by Crippen LogP contribution is 2.39. The lowest BCUT2D eigenvalue weighted by Gasteiger charge is -2.26. The summed E-state index contributed by atoms with van der Waals surface area (Å²) in [6.07, 6.45) is 3.29. The van der Waals surface area contributed by atoms with Crippen LogP contribution in [0.1, 0.15) is 47.8 Å². The summed E-state index contributed by atoms with van der Waals surface area (Å²) < 4.78 is 42.8. The fourth-order valence-corrected chi connectivity index (χ4v) is 4.08. The van der Waals surface area contributed by atoms with Crippen LogP contribution in [0, 0.1) is 23.4 Å². The van der Waals surface area contributed by atoms with E-state index in [9.17, 15) is 18.0 Å². The monoisotopic (exact) mass is 407 g/mol. The van der Waals surface area contributed by atoms with Crippen molar-refractivity contribution in [3.05, 3.63) is 64.1 Å². The second-order valence-corrected chi connectivity index (χ2v) is 7.42. The molecule has 1 heterocycles. The van der Waals surface area contributed by atoms with Crippen LogP contribution in [0.3, 0.4) is 0 Å². The zero-order valence-corrected chi connectivity index (χ0v) is 15.5. The van der Waals surface area contributed by atoms with Crippen LogP contribution in [0.15, 0.2) is 30.3 Å². The first kappa shape index (κ1) is 18.8. The summed E-state index contributed by atoms with van der Waals surface area (Å²) in [4.78, 5) is 12.9. The molecule has 0 aliphatic heterocycles. The lowest BCUT2D eigenvalue weighted by molar-refractivity contribution is 0.0916. The molecule has 2 N–H and O–H groups in total. The number of halogens is 4. The van der Waals surface area contributed by atoms with Crippen LogP contribution in [0.25, 0.3) is 10.9 Å². The first-order valence-electron chi connectivity index (χ1n) is 9.03. The topological polar surface area (TPSA) is 57.8 Å². The highest BCUT2D eigenvalue weighted by Gasteiger charge is 2.33. The van der Waals surface area contributed by atoms with Gasteiger partial charge in [0.25, 0.3) is 5.91 Å². The van der Waals surface area contributed by atoms with Crippen molar-refractivity contribution in [2.24, 2.45) is 5.92 Å². The molecule has 1 saturated carbocycles. The number of amides is 1. The molecule has 2 aromatic carbocycles. The minimum absolute atomic E-state index is 0.0275. The lowest BCUT2D eigenvalue weighted by atomic mass is 9.90. The number of carbonyl (C=O) groups excluding carboxylic acids is 1. The van der Waals surface area contributed by atoms with E-state index in [-0.39, 0.29) is 22.2 Å². The molecule has 0 unspecified atom stereocenters. The van der Waals surface area contributed by atoms with Crippen molar-refractivity contribution < 1.29 is 18.0 Å². The highest BCUT2D eigenvalue weighted by molar-refractivity contribution is 6.30. The maximum absolute atomic E-state index is 14.7. The molecule has 0 bridgehead atoms. The number of carbonyl (C=O) groups is 1. The lowest BCUT2D eigenvalue weighted by Crippen LogP contribution is -2.34. The Morgan fingerprint density at radius 1 is 1.18 bits per heavy atom. The summed E-state index contributed by atoms with van der Waals surface area (Å²) >= 11 is 5.85. The first-order valence-corrected chi connectivity index (χ1v) is 9.41. The van der Waals surface area contributed by atoms with Crippen LogP contribution in [-0.4, -0.2) is 16.1 Å². The number of H-pyrrole nitrogens is 1. The predicted molar refractivity (Wildman–Crippen MR) is 99.6 cm³/mol. The quantitative estimate of drug-likeness (QED) is 0.577. The Balaban J connectivity index is 1.73. The van der Waals surface area contributed by atoms with Gasteiger partial charge < -0.3 is 5.32 Å². The number of aromatic nitrogens is 2. The third-order valence-corrected chi connectivity index (χ3v) is 5.58. The molecule has 1 fully saturated rings. The molecule has 0 spiro atoms. The maximum atomic E-state index is 14.7. The normalized spacial score (nSPS) is 15.9. The number of benzene rings is 2. The summed E-state index contributed by atoms with van der Waals surface area (Å²) in [5.41, 5.74) is 0.211. The van der Waals surface area contributed by atoms with Gasteiger partial charge in [-0.15, -0.1) is 0 Å². The third kappa shape index (κ3) is 3.35. The fourth-order valence-electron chi connectivity index (χ4n) is 3.91. The molecule has 1 amide bonds. The maximum Gasteiger partial charge on any atom is 0.272 e. The van der Waals surface area contributed by atoms with E-state index in [1.807, 2.05) is 0 Å². The number of hydrogen-bond donors (Lipinski definition) is 2. The van der Waals surface area contributed by atoms with E-state index in [0.29, 0.717) is 10.9 Å². The first-order chi connectivity index (χ1) is 13.5. The van der Waals surface area contributed by atoms with Crippen molar-refractivity contribution in [2.45, 2.75) is 31.7 Å². The van der Waals surface area contributed by atoms with E-state index in [1.165, 1.54) is 18.2 Å². The molecule has 28 heavy (non-hydrogen) atoms. The molecule has 0 saturated heterocycles. The van der Waals surface area contributed by atoms with Crippen LogP contribution in [-0.2, 0) is 0 Å². The predicted octanol–water partition coefficient (Wildman–Crippen LogP) is 5.29. The van der Waals surface area contributed by atoms with Gasteiger partial charge in [0.1, 0.15) is 17.5 Å². The van der Waals surface area contributed by atoms with Gasteiger partial charge in [0.05, 0.1) is 16.6 Å². The molecule has 4 nitrogen and oxygen atoms in total. The number of rotatable bonds is 4. The summed E-state index contributed by atoms with van der Waals surface area (Å²) in [5, 5.41) is 9.43. The Morgan fingerprint density at radius 3 is 2.68 bits per heavy atom. The molecule has 0 radical (unpaired) electrons. The summed E-state index contributed by atoms with van der Waals surface area (Å²) in [7, 11) is 0. The van der Waals surface area contributed by atoms with Crippen LogP contribution in [0.2, 0.25) is 5.02 Å². The van der Waals surface area contributed by atoms with E-state index in [4.69, 9.17) is 11.6 Å². The van der Waals surface area contributed by atoms with E-state index in [2.05, 4.69) is 15.5 Å². The van der Waals surface area contributed by atoms with Gasteiger partial charge in [-0.25, -0.2) is 13.2 Å². The number of hydrogen-bond acceptors (Lipinski definition) is 2. The van der Waals surface area contributed by atoms with Gasteiger partial charge in [0, 0.05) is 10.9 Å². The van der Waals surface area contributed by atoms with E-state index < -0.39 is 29.4 Å². The van der Waals surface area contributed by atoms with Crippen LogP contribution >= 0.6 is 11.6 Å². The van der Waals surface area contributed by atoms with E-state index in [1.54, 1.807) is 0 Å². The van der Waals surface area contributed by atoms with Crippen LogP contribution < -0.4 is 5.32 Å². The average Bonchev–Trinajstić information content (AvgIpc) is 3.33. The largest absolute Gasteiger partial charge is 0.343 e. The molecule has 146 valence electrons. The Labute approximate surface area is 164 Å². The van der Waals surface area contributed by atoms with Crippen molar-refractivity contribution in [3.63, 3.8) is 0 Å². The van der Waals surface area contributed by atoms with Gasteiger partial charge in [0.2, 0.25) is 0 Å². The molecular weight excluding hydrogens is 391 g/mol. The smallest absolute Gasteiger partial charge is 0.272 e. The highest BCUT2D eigenvalue weighted by atomic mass is 35.5. The van der Waals surface area contributed by atoms with E-state index >= 15 is 0 Å². The summed E-state index contributed by atoms with van der Waals surface area (Å²) in [5.74, 6) is -2.92. The van der Waals surface area contributed by atoms with Crippen molar-refractivity contribution in [1.29, 1.82) is 0 Å². The molecule has 8 heteroatoms. The zero-order valence-electron chi connectivity index (χ0n) is 14.7. The molecule has 1 aliphatic rings. The number of aromatic amines is 1. The van der Waals surface area contributed by atoms with Crippen molar-refractivity contribution in [2.75, 3.05) is 0 Å². The Bertz CT molecular complexity index is 1050. The number of nitrogens with one attached hydrogen (secondary N) is 2. The van der Waals surface area contributed by atoms with Crippen molar-refractivity contribution >= 4 is 28.4 Å². The zero-order chi connectivity index (χ0) is 19.8. The SMILES string of the molecule is O=C(N[C@H](c1c(F)ccc(Cl)c1F)C1CCCC1)c1n[nH]c2ccc(F)cc12. The van der Waals surface area contributed by atoms with Crippen molar-refractivity contribution in [3.8, 4) is 0 Å². The number of fused-ring (bicyclic) bond motifs is 1. The van der Waals surface area contributed by atoms with Gasteiger partial charge >= 0.3 is 0 Å². The van der Waals surface area contributed by atoms with Crippen molar-refractivity contribution in [1.82, 2.24) is 15.5 Å². The molecule has 1 aliphatic carbocycles. The van der Waals surface area contributed by atoms with Crippen LogP contribution in [0.4, 0.5) is 13.2 Å². The summed E-state index contributed by atoms with van der Waals surface area (Å²) in [6, 6.07) is 5.26. The van der Waals surface area contributed by atoms with Gasteiger partial charge in [-0.1, -0.05) is 24.4 Å². The van der Waals surface area contributed by atoms with Gasteiger partial charge in [0.15, 0.2) is 5.69 Å². The van der Waals surface area contributed by atoms with Crippen LogP contribution in [0.5, 0.6) is 0 Å². The standard InChI is InChI=1S/C20H17ClF3N3O/c21-13-6-7-14(23)16(17(13)24)18(10-3-1-2-4-10)25-20(28)19-12-9-11(22)5-8-15(12)26-27-19/h5-10,18H,1-4H2,(H,25,28)(H,26,27)/t18-/m0/s1. The number of nitrogens with zero attached hydrogens (tertiary/aromatic N) is 1. The summed E-state index contributed by atoms with van der Waals surface area (Å²) in [6.45, 7) is 0. The Kier molecular flexibility index (Phi) is 5.02. The average molecular weight is 408 g/mol. The van der Waals surface area contributed by atoms with Gasteiger partial charge in [-0.05, 0) is 49.1 Å². The van der Waals surface area contributed by atoms with Gasteiger partial charge in [-0.3, -0.25) is 9.89 Å². The Hall–Kier alpha value is -2.54. The van der Waals surface area contributed by atoms with E-state index in [0.717, 1.165) is 37.8 Å². The molecule has 4 rings (SSSR count). The molecular formula is C20H17ClF3N3O. The molecule has 1 aromatic heterocycles. The second kappa shape index (κ2) is 7.47. The minimum Gasteiger partial charge on any atom is -0.343 e.